The Labute approximate surface area is 185 Å². The molecule has 0 saturated heterocycles. The lowest BCUT2D eigenvalue weighted by atomic mass is 9.86. The molecule has 0 amide bonds. The zero-order chi connectivity index (χ0) is 25.5. The number of ether oxygens (including phenoxy) is 2. The fourth-order valence-electron chi connectivity index (χ4n) is 1.90. The summed E-state index contributed by atoms with van der Waals surface area (Å²) in [5.74, 6) is -2.08. The van der Waals surface area contributed by atoms with E-state index in [-0.39, 0.29) is 18.8 Å². The molecule has 10 nitrogen and oxygen atoms in total. The molecule has 0 bridgehead atoms. The number of aliphatic hydroxyl groups excluding tert-OH is 2. The van der Waals surface area contributed by atoms with Crippen LogP contribution in [0.2, 0.25) is 0 Å². The summed E-state index contributed by atoms with van der Waals surface area (Å²) < 4.78 is 9.06. The van der Waals surface area contributed by atoms with Crippen LogP contribution in [-0.2, 0) is 33.4 Å². The summed E-state index contributed by atoms with van der Waals surface area (Å²) in [7, 11) is 0. The minimum atomic E-state index is -1.80. The van der Waals surface area contributed by atoms with Gasteiger partial charge < -0.3 is 29.4 Å². The normalized spacial score (nSPS) is 9.61. The van der Waals surface area contributed by atoms with Gasteiger partial charge in [0.25, 0.3) is 0 Å². The molecule has 10 heteroatoms. The Bertz CT molecular complexity index is 482. The number of aliphatic hydroxyl groups is 2. The largest absolute Gasteiger partial charge is 0.466 e. The van der Waals surface area contributed by atoms with Gasteiger partial charge in [-0.2, -0.15) is 0 Å². The smallest absolute Gasteiger partial charge is 0.324 e. The summed E-state index contributed by atoms with van der Waals surface area (Å²) >= 11 is 0. The molecule has 184 valence electrons. The summed E-state index contributed by atoms with van der Waals surface area (Å²) in [6, 6.07) is 0. The summed E-state index contributed by atoms with van der Waals surface area (Å²) in [4.78, 5) is 53.2. The molecule has 0 rings (SSSR count). The van der Waals surface area contributed by atoms with Crippen molar-refractivity contribution in [3.05, 3.63) is 0 Å². The fraction of sp³-hybridized carbons (Fsp3) is 0.762. The van der Waals surface area contributed by atoms with Gasteiger partial charge in [0, 0.05) is 0 Å². The Morgan fingerprint density at radius 3 is 1.39 bits per heavy atom. The molecule has 2 N–H and O–H groups in total. The first-order valence-electron chi connectivity index (χ1n) is 10.1. The van der Waals surface area contributed by atoms with Crippen molar-refractivity contribution in [3.8, 4) is 0 Å². The van der Waals surface area contributed by atoms with Gasteiger partial charge in [-0.1, -0.05) is 20.8 Å². The highest BCUT2D eigenvalue weighted by atomic mass is 16.5. The maximum Gasteiger partial charge on any atom is 0.324 e. The van der Waals surface area contributed by atoms with Gasteiger partial charge in [0.05, 0.1) is 26.4 Å². The number of carbonyl (C=O) groups excluding carboxylic acids is 5. The molecule has 0 aromatic rings. The molecule has 0 unspecified atom stereocenters. The van der Waals surface area contributed by atoms with E-state index in [9.17, 15) is 19.2 Å². The van der Waals surface area contributed by atoms with Crippen LogP contribution >= 0.6 is 0 Å². The molecule has 0 heterocycles. The van der Waals surface area contributed by atoms with E-state index >= 15 is 0 Å². The molecule has 0 fully saturated rings. The third-order valence-electron chi connectivity index (χ3n) is 3.92. The molecular formula is C21H41NO9. The summed E-state index contributed by atoms with van der Waals surface area (Å²) in [6.45, 7) is 16.9. The summed E-state index contributed by atoms with van der Waals surface area (Å²) in [5, 5.41) is 17.7. The standard InChI is InChI=1S/C8H14O5.C6H15N.C6H10O3.CH2O/c1-3-13-7(12)8(4-9,5-10)6(2)11;1-4-7(5-2)6-3;1-3-9-6(8)4-5(2)7;1-2/h9-10H,3-5H2,1-2H3;4-6H2,1-3H3;3-4H2,1-2H3;1H2. The van der Waals surface area contributed by atoms with E-state index in [1.807, 2.05) is 6.79 Å². The Hall–Kier alpha value is -2.17. The van der Waals surface area contributed by atoms with Crippen molar-refractivity contribution in [3.63, 3.8) is 0 Å². The molecule has 0 spiro atoms. The SMILES string of the molecule is C=O.CCN(CC)CC.CCOC(=O)C(CO)(CO)C(C)=O.CCOC(=O)CC(C)=O. The molecule has 0 aliphatic rings. The van der Waals surface area contributed by atoms with Crippen molar-refractivity contribution in [1.29, 1.82) is 0 Å². The fourth-order valence-corrected chi connectivity index (χ4v) is 1.90. The number of hydrogen-bond acceptors (Lipinski definition) is 10. The first-order chi connectivity index (χ1) is 14.6. The first kappa shape index (κ1) is 36.2. The Morgan fingerprint density at radius 1 is 0.806 bits per heavy atom. The Morgan fingerprint density at radius 2 is 1.19 bits per heavy atom. The highest BCUT2D eigenvalue weighted by Crippen LogP contribution is 2.19. The van der Waals surface area contributed by atoms with Gasteiger partial charge in [0.1, 0.15) is 19.0 Å². The summed E-state index contributed by atoms with van der Waals surface area (Å²) in [6.07, 6.45) is -0.103. The number of carbonyl (C=O) groups is 5. The van der Waals surface area contributed by atoms with Crippen molar-refractivity contribution in [1.82, 2.24) is 4.90 Å². The quantitative estimate of drug-likeness (QED) is 0.341. The lowest BCUT2D eigenvalue weighted by Crippen LogP contribution is -2.45. The topological polar surface area (TPSA) is 148 Å². The van der Waals surface area contributed by atoms with E-state index < -0.39 is 36.4 Å². The van der Waals surface area contributed by atoms with Gasteiger partial charge in [-0.05, 0) is 47.3 Å². The number of hydrogen-bond donors (Lipinski definition) is 2. The van der Waals surface area contributed by atoms with Crippen LogP contribution in [-0.4, -0.2) is 91.5 Å². The van der Waals surface area contributed by atoms with Crippen LogP contribution in [0.3, 0.4) is 0 Å². The number of ketones is 2. The maximum atomic E-state index is 11.2. The van der Waals surface area contributed by atoms with Crippen LogP contribution in [0.1, 0.15) is 54.9 Å². The highest BCUT2D eigenvalue weighted by Gasteiger charge is 2.43. The lowest BCUT2D eigenvalue weighted by Gasteiger charge is -2.23. The highest BCUT2D eigenvalue weighted by molar-refractivity contribution is 6.03. The summed E-state index contributed by atoms with van der Waals surface area (Å²) in [5.41, 5.74) is -1.80. The van der Waals surface area contributed by atoms with Gasteiger partial charge in [-0.3, -0.25) is 19.2 Å². The zero-order valence-corrected chi connectivity index (χ0v) is 20.1. The third-order valence-corrected chi connectivity index (χ3v) is 3.92. The second kappa shape index (κ2) is 24.1. The second-order valence-corrected chi connectivity index (χ2v) is 5.98. The van der Waals surface area contributed by atoms with Crippen LogP contribution in [0, 0.1) is 5.41 Å². The molecule has 0 atom stereocenters. The van der Waals surface area contributed by atoms with Crippen LogP contribution in [0.15, 0.2) is 0 Å². The number of Topliss-reactive ketones (excluding diaryl/α,β-unsaturated/α-hetero) is 2. The average molecular weight is 452 g/mol. The molecular weight excluding hydrogens is 410 g/mol. The maximum absolute atomic E-state index is 11.2. The molecule has 0 saturated carbocycles. The number of rotatable bonds is 11. The van der Waals surface area contributed by atoms with Crippen molar-refractivity contribution in [2.24, 2.45) is 5.41 Å². The van der Waals surface area contributed by atoms with Crippen molar-refractivity contribution >= 4 is 30.3 Å². The van der Waals surface area contributed by atoms with Gasteiger partial charge in [0.15, 0.2) is 11.2 Å². The van der Waals surface area contributed by atoms with E-state index in [0.717, 1.165) is 6.92 Å². The van der Waals surface area contributed by atoms with Crippen molar-refractivity contribution in [2.75, 3.05) is 46.1 Å². The average Bonchev–Trinajstić information content (AvgIpc) is 2.73. The van der Waals surface area contributed by atoms with E-state index in [4.69, 9.17) is 15.0 Å². The molecule has 0 aromatic carbocycles. The Balaban J connectivity index is -0.000000177. The lowest BCUT2D eigenvalue weighted by molar-refractivity contribution is -0.165. The van der Waals surface area contributed by atoms with E-state index in [1.54, 1.807) is 13.8 Å². The number of esters is 2. The molecule has 0 aliphatic heterocycles. The van der Waals surface area contributed by atoms with E-state index in [1.165, 1.54) is 26.6 Å². The van der Waals surface area contributed by atoms with Gasteiger partial charge in [0.2, 0.25) is 0 Å². The van der Waals surface area contributed by atoms with Gasteiger partial charge >= 0.3 is 11.9 Å². The molecule has 0 aromatic heterocycles. The molecule has 0 radical (unpaired) electrons. The molecule has 0 aliphatic carbocycles. The number of nitrogens with zero attached hydrogens (tertiary/aromatic N) is 1. The van der Waals surface area contributed by atoms with Gasteiger partial charge in [-0.15, -0.1) is 0 Å². The van der Waals surface area contributed by atoms with Crippen molar-refractivity contribution < 1.29 is 43.7 Å². The van der Waals surface area contributed by atoms with Crippen LogP contribution < -0.4 is 0 Å². The van der Waals surface area contributed by atoms with E-state index in [0.29, 0.717) is 6.61 Å². The molecule has 31 heavy (non-hydrogen) atoms. The first-order valence-corrected chi connectivity index (χ1v) is 10.1. The minimum absolute atomic E-state index is 0.103. The third kappa shape index (κ3) is 18.3. The van der Waals surface area contributed by atoms with Crippen LogP contribution in [0.25, 0.3) is 0 Å². The second-order valence-electron chi connectivity index (χ2n) is 5.98. The van der Waals surface area contributed by atoms with E-state index in [2.05, 4.69) is 35.1 Å². The Kier molecular flexibility index (Phi) is 28.2. The minimum Gasteiger partial charge on any atom is -0.466 e. The van der Waals surface area contributed by atoms with Crippen LogP contribution in [0.4, 0.5) is 0 Å². The predicted molar refractivity (Wildman–Crippen MR) is 116 cm³/mol. The van der Waals surface area contributed by atoms with Crippen LogP contribution in [0.5, 0.6) is 0 Å². The monoisotopic (exact) mass is 451 g/mol. The zero-order valence-electron chi connectivity index (χ0n) is 20.1. The van der Waals surface area contributed by atoms with Crippen molar-refractivity contribution in [2.45, 2.75) is 54.9 Å². The predicted octanol–water partition coefficient (Wildman–Crippen LogP) is 0.801. The van der Waals surface area contributed by atoms with Gasteiger partial charge in [-0.25, -0.2) is 0 Å².